The first-order chi connectivity index (χ1) is 42.6. The molecule has 0 saturated heterocycles. The van der Waals surface area contributed by atoms with Gasteiger partial charge in [0.05, 0.1) is 0 Å². The van der Waals surface area contributed by atoms with E-state index in [1.807, 2.05) is 0 Å². The molecule has 0 aliphatic carbocycles. The highest BCUT2D eigenvalue weighted by Gasteiger charge is 2.27. The van der Waals surface area contributed by atoms with Gasteiger partial charge in [0.1, 0.15) is 0 Å². The Labute approximate surface area is 557 Å². The van der Waals surface area contributed by atoms with E-state index in [0.29, 0.717) is 0 Å². The summed E-state index contributed by atoms with van der Waals surface area (Å²) < 4.78 is 0. The van der Waals surface area contributed by atoms with Crippen LogP contribution in [0.25, 0.3) is 100 Å². The van der Waals surface area contributed by atoms with Crippen LogP contribution in [0.15, 0.2) is 206 Å². The maximum atomic E-state index is 2.47. The van der Waals surface area contributed by atoms with Crippen molar-refractivity contribution in [3.63, 3.8) is 0 Å². The molecule has 0 heterocycles. The van der Waals surface area contributed by atoms with Crippen molar-refractivity contribution < 1.29 is 0 Å². The Morgan fingerprint density at radius 1 is 0.120 bits per heavy atom. The number of benzene rings is 10. The smallest absolute Gasteiger partial charge is 0.00928 e. The average molecular weight is 1210 g/mol. The predicted octanol–water partition coefficient (Wildman–Crippen LogP) is 27.1. The lowest BCUT2D eigenvalue weighted by atomic mass is 9.78. The monoisotopic (exact) mass is 1210 g/mol. The molecule has 0 radical (unpaired) electrons. The summed E-state index contributed by atoms with van der Waals surface area (Å²) in [6, 6.07) is 80.8. The molecule has 0 aromatic heterocycles. The van der Waals surface area contributed by atoms with Crippen LogP contribution in [0, 0.1) is 0 Å². The van der Waals surface area contributed by atoms with Gasteiger partial charge in [-0.2, -0.15) is 0 Å². The van der Waals surface area contributed by atoms with Crippen LogP contribution in [0.5, 0.6) is 0 Å². The van der Waals surface area contributed by atoms with Gasteiger partial charge in [-0.25, -0.2) is 0 Å². The summed E-state index contributed by atoms with van der Waals surface area (Å²) in [5.41, 5.74) is 32.8. The van der Waals surface area contributed by atoms with Crippen LogP contribution in [0.1, 0.15) is 211 Å². The predicted molar refractivity (Wildman–Crippen MR) is 405 cm³/mol. The Morgan fingerprint density at radius 3 is 0.424 bits per heavy atom. The molecule has 10 aromatic carbocycles. The van der Waals surface area contributed by atoms with E-state index < -0.39 is 0 Å². The molecule has 0 fully saturated rings. The number of hydrogen-bond donors (Lipinski definition) is 0. The van der Waals surface area contributed by atoms with Crippen molar-refractivity contribution in [2.24, 2.45) is 0 Å². The average Bonchev–Trinajstić information content (AvgIpc) is 0.782. The quantitative estimate of drug-likeness (QED) is 0.135. The van der Waals surface area contributed by atoms with E-state index in [4.69, 9.17) is 0 Å². The molecule has 0 amide bonds. The van der Waals surface area contributed by atoms with Crippen LogP contribution in [0.2, 0.25) is 0 Å². The van der Waals surface area contributed by atoms with Gasteiger partial charge in [-0.3, -0.25) is 0 Å². The van der Waals surface area contributed by atoms with Crippen LogP contribution in [-0.2, 0) is 43.3 Å². The molecule has 10 rings (SSSR count). The highest BCUT2D eigenvalue weighted by Crippen LogP contribution is 2.46. The molecule has 0 aliphatic rings. The highest BCUT2D eigenvalue weighted by molar-refractivity contribution is 5.96. The van der Waals surface area contributed by atoms with Crippen molar-refractivity contribution in [1.82, 2.24) is 0 Å². The van der Waals surface area contributed by atoms with E-state index in [1.54, 1.807) is 0 Å². The largest absolute Gasteiger partial charge is 0.0561 e. The standard InChI is InChI=1S/C92H106/c1-85(2,3)73-45-69(46-74(55-73)86(4,5)6)61-29-25-59(26-30-61)67-41-43-81(65-37-33-63(34-38-65)71-49-77(89(13,14)15)57-78(50-71)90(16,17)18)83(53-67)84-54-68(60-27-31-62(32-28-60)70-47-75(87(7,8)9)56-76(48-70)88(10,11)12)42-44-82(84)66-39-35-64(36-40-66)72-51-79(91(19,20)21)58-80(52-72)92(22,23)24/h25-58H,1-24H3. The van der Waals surface area contributed by atoms with Gasteiger partial charge in [0.25, 0.3) is 0 Å². The molecule has 0 aliphatic heterocycles. The molecule has 0 spiro atoms. The van der Waals surface area contributed by atoms with E-state index in [0.717, 1.165) is 0 Å². The van der Waals surface area contributed by atoms with Crippen LogP contribution in [0.3, 0.4) is 0 Å². The van der Waals surface area contributed by atoms with Gasteiger partial charge in [0.15, 0.2) is 0 Å². The van der Waals surface area contributed by atoms with Crippen molar-refractivity contribution in [1.29, 1.82) is 0 Å². The molecular formula is C92H106. The Bertz CT molecular complexity index is 3890. The Balaban J connectivity index is 1.18. The van der Waals surface area contributed by atoms with Crippen molar-refractivity contribution >= 4 is 0 Å². The summed E-state index contributed by atoms with van der Waals surface area (Å²) in [6.07, 6.45) is 0. The summed E-state index contributed by atoms with van der Waals surface area (Å²) in [7, 11) is 0. The van der Waals surface area contributed by atoms with Gasteiger partial charge in [0, 0.05) is 0 Å². The number of rotatable bonds is 9. The van der Waals surface area contributed by atoms with Crippen LogP contribution in [0.4, 0.5) is 0 Å². The van der Waals surface area contributed by atoms with E-state index in [-0.39, 0.29) is 43.3 Å². The third kappa shape index (κ3) is 15.0. The fourth-order valence-corrected chi connectivity index (χ4v) is 12.4. The number of hydrogen-bond acceptors (Lipinski definition) is 0. The van der Waals surface area contributed by atoms with Crippen molar-refractivity contribution in [2.45, 2.75) is 209 Å². The molecule has 0 heteroatoms. The Morgan fingerprint density at radius 2 is 0.261 bits per heavy atom. The summed E-state index contributed by atoms with van der Waals surface area (Å²) in [4.78, 5) is 0. The SMILES string of the molecule is CC(C)(C)c1cc(-c2ccc(-c3ccc(-c4ccc(-c5cc(C(C)(C)C)cc(C(C)(C)C)c5)cc4)c(-c4cc(-c5ccc(-c6cc(C(C)(C)C)cc(C(C)(C)C)c6)cc5)ccc4-c4ccc(-c5cc(C(C)(C)C)cc(C(C)(C)C)c5)cc4)c3)cc2)cc(C(C)(C)C)c1. The lowest BCUT2D eigenvalue weighted by Crippen LogP contribution is -2.16. The van der Waals surface area contributed by atoms with Gasteiger partial charge in [0.2, 0.25) is 0 Å². The molecule has 10 aromatic rings. The van der Waals surface area contributed by atoms with Gasteiger partial charge < -0.3 is 0 Å². The molecule has 0 bridgehead atoms. The molecular weight excluding hydrogens is 1110 g/mol. The molecule has 92 heavy (non-hydrogen) atoms. The van der Waals surface area contributed by atoms with Crippen LogP contribution >= 0.6 is 0 Å². The second-order valence-electron chi connectivity index (χ2n) is 35.0. The second kappa shape index (κ2) is 24.3. The van der Waals surface area contributed by atoms with Gasteiger partial charge in [-0.05, 0) is 200 Å². The van der Waals surface area contributed by atoms with Crippen molar-refractivity contribution in [3.05, 3.63) is 251 Å². The van der Waals surface area contributed by atoms with Crippen LogP contribution < -0.4 is 0 Å². The maximum absolute atomic E-state index is 2.47. The topological polar surface area (TPSA) is 0 Å². The minimum atomic E-state index is 0.00989. The fourth-order valence-electron chi connectivity index (χ4n) is 12.4. The zero-order valence-electron chi connectivity index (χ0n) is 60.6. The minimum Gasteiger partial charge on any atom is -0.0561 e. The molecule has 0 atom stereocenters. The third-order valence-electron chi connectivity index (χ3n) is 19.2. The zero-order valence-corrected chi connectivity index (χ0v) is 60.6. The zero-order chi connectivity index (χ0) is 67.1. The van der Waals surface area contributed by atoms with Gasteiger partial charge >= 0.3 is 0 Å². The van der Waals surface area contributed by atoms with Crippen molar-refractivity contribution in [2.75, 3.05) is 0 Å². The summed E-state index contributed by atoms with van der Waals surface area (Å²) in [6.45, 7) is 55.8. The first-order valence-corrected chi connectivity index (χ1v) is 33.9. The van der Waals surface area contributed by atoms with Gasteiger partial charge in [-0.1, -0.05) is 360 Å². The van der Waals surface area contributed by atoms with E-state index >= 15 is 0 Å². The van der Waals surface area contributed by atoms with Crippen molar-refractivity contribution in [3.8, 4) is 100 Å². The lowest BCUT2D eigenvalue weighted by Gasteiger charge is -2.26. The fraction of sp³-hybridized carbons (Fsp3) is 0.348. The Hall–Kier alpha value is -7.80. The molecule has 0 nitrogen and oxygen atoms in total. The molecule has 0 N–H and O–H groups in total. The lowest BCUT2D eigenvalue weighted by molar-refractivity contribution is 0.568. The Kier molecular flexibility index (Phi) is 17.7. The maximum Gasteiger partial charge on any atom is -0.00928 e. The molecule has 474 valence electrons. The molecule has 0 unspecified atom stereocenters. The summed E-state index contributed by atoms with van der Waals surface area (Å²) in [5.74, 6) is 0. The van der Waals surface area contributed by atoms with E-state index in [9.17, 15) is 0 Å². The third-order valence-corrected chi connectivity index (χ3v) is 19.2. The van der Waals surface area contributed by atoms with E-state index in [2.05, 4.69) is 372 Å². The minimum absolute atomic E-state index is 0.00989. The van der Waals surface area contributed by atoms with Gasteiger partial charge in [-0.15, -0.1) is 0 Å². The first-order valence-electron chi connectivity index (χ1n) is 33.9. The summed E-state index contributed by atoms with van der Waals surface area (Å²) >= 11 is 0. The second-order valence-corrected chi connectivity index (χ2v) is 35.0. The summed E-state index contributed by atoms with van der Waals surface area (Å²) in [5, 5.41) is 0. The van der Waals surface area contributed by atoms with E-state index in [1.165, 1.54) is 145 Å². The highest BCUT2D eigenvalue weighted by atomic mass is 14.3. The van der Waals surface area contributed by atoms with Crippen LogP contribution in [-0.4, -0.2) is 0 Å². The normalized spacial score (nSPS) is 13.0. The molecule has 0 saturated carbocycles. The first kappa shape index (κ1) is 67.1.